The summed E-state index contributed by atoms with van der Waals surface area (Å²) in [6.07, 6.45) is -2.72. The molecule has 0 aliphatic heterocycles. The van der Waals surface area contributed by atoms with Crippen LogP contribution >= 0.6 is 11.3 Å². The highest BCUT2D eigenvalue weighted by Gasteiger charge is 2.31. The molecule has 130 valence electrons. The van der Waals surface area contributed by atoms with E-state index in [-0.39, 0.29) is 0 Å². The Morgan fingerprint density at radius 3 is 2.20 bits per heavy atom. The molecule has 0 radical (unpaired) electrons. The lowest BCUT2D eigenvalue weighted by Gasteiger charge is -2.18. The SMILES string of the molecule is O=[S@](Cc1cncs1)[C@@H](c1ccccc1)c1ccc(C(F)(F)F)cc1. The molecule has 25 heavy (non-hydrogen) atoms. The molecular weight excluding hydrogens is 367 g/mol. The Kier molecular flexibility index (Phi) is 5.34. The van der Waals surface area contributed by atoms with Crippen molar-refractivity contribution in [1.29, 1.82) is 0 Å². The highest BCUT2D eigenvalue weighted by Crippen LogP contribution is 2.34. The van der Waals surface area contributed by atoms with E-state index < -0.39 is 27.8 Å². The summed E-state index contributed by atoms with van der Waals surface area (Å²) in [5.41, 5.74) is 2.37. The number of halogens is 3. The second-order valence-corrected chi connectivity index (χ2v) is 7.90. The van der Waals surface area contributed by atoms with Crippen LogP contribution in [0.2, 0.25) is 0 Å². The molecule has 0 saturated carbocycles. The van der Waals surface area contributed by atoms with Gasteiger partial charge < -0.3 is 0 Å². The molecule has 7 heteroatoms. The Bertz CT molecular complexity index is 831. The summed E-state index contributed by atoms with van der Waals surface area (Å²) >= 11 is 1.41. The maximum Gasteiger partial charge on any atom is 0.416 e. The van der Waals surface area contributed by atoms with Crippen LogP contribution in [0.1, 0.15) is 26.8 Å². The first kappa shape index (κ1) is 17.8. The van der Waals surface area contributed by atoms with Crippen molar-refractivity contribution in [2.45, 2.75) is 17.2 Å². The standard InChI is InChI=1S/C18H14F3NOS2/c19-18(20,21)15-8-6-14(7-9-15)17(13-4-2-1-3-5-13)25(23)11-16-10-22-12-24-16/h1-10,12,17H,11H2/t17-,25+/m0/s1. The van der Waals surface area contributed by atoms with Crippen molar-refractivity contribution in [3.05, 3.63) is 87.9 Å². The Balaban J connectivity index is 1.95. The molecule has 0 amide bonds. The van der Waals surface area contributed by atoms with Gasteiger partial charge in [0.15, 0.2) is 0 Å². The average Bonchev–Trinajstić information content (AvgIpc) is 3.09. The Labute approximate surface area is 149 Å². The van der Waals surface area contributed by atoms with E-state index in [9.17, 15) is 17.4 Å². The first-order chi connectivity index (χ1) is 11.9. The molecule has 3 aromatic rings. The van der Waals surface area contributed by atoms with Crippen LogP contribution in [0.25, 0.3) is 0 Å². The lowest BCUT2D eigenvalue weighted by molar-refractivity contribution is -0.137. The van der Waals surface area contributed by atoms with Crippen LogP contribution in [0, 0.1) is 0 Å². The van der Waals surface area contributed by atoms with Crippen LogP contribution < -0.4 is 0 Å². The fourth-order valence-electron chi connectivity index (χ4n) is 2.51. The summed E-state index contributed by atoms with van der Waals surface area (Å²) in [5, 5.41) is -0.495. The zero-order valence-electron chi connectivity index (χ0n) is 12.9. The third-order valence-corrected chi connectivity index (χ3v) is 6.30. The van der Waals surface area contributed by atoms with Gasteiger partial charge in [0.05, 0.1) is 22.1 Å². The van der Waals surface area contributed by atoms with Crippen LogP contribution in [-0.4, -0.2) is 9.19 Å². The van der Waals surface area contributed by atoms with Crippen molar-refractivity contribution in [2.24, 2.45) is 0 Å². The molecule has 3 rings (SSSR count). The van der Waals surface area contributed by atoms with Gasteiger partial charge >= 0.3 is 6.18 Å². The van der Waals surface area contributed by atoms with Crippen LogP contribution in [0.5, 0.6) is 0 Å². The minimum absolute atomic E-state index is 0.311. The van der Waals surface area contributed by atoms with Crippen molar-refractivity contribution in [2.75, 3.05) is 0 Å². The third-order valence-electron chi connectivity index (χ3n) is 3.67. The molecule has 0 aliphatic carbocycles. The molecule has 2 atom stereocenters. The number of aromatic nitrogens is 1. The summed E-state index contributed by atoms with van der Waals surface area (Å²) in [7, 11) is -1.33. The van der Waals surface area contributed by atoms with Gasteiger partial charge in [0.2, 0.25) is 0 Å². The van der Waals surface area contributed by atoms with Gasteiger partial charge in [0.1, 0.15) is 0 Å². The zero-order valence-corrected chi connectivity index (χ0v) is 14.6. The Morgan fingerprint density at radius 1 is 1.00 bits per heavy atom. The molecular formula is C18H14F3NOS2. The molecule has 0 bridgehead atoms. The lowest BCUT2D eigenvalue weighted by Crippen LogP contribution is -2.11. The van der Waals surface area contributed by atoms with E-state index in [2.05, 4.69) is 4.98 Å². The third kappa shape index (κ3) is 4.35. The monoisotopic (exact) mass is 381 g/mol. The van der Waals surface area contributed by atoms with Gasteiger partial charge in [0, 0.05) is 21.9 Å². The molecule has 0 fully saturated rings. The van der Waals surface area contributed by atoms with Gasteiger partial charge in [-0.3, -0.25) is 9.19 Å². The molecule has 2 aromatic carbocycles. The predicted octanol–water partition coefficient (Wildman–Crippen LogP) is 5.20. The van der Waals surface area contributed by atoms with E-state index in [0.29, 0.717) is 11.3 Å². The van der Waals surface area contributed by atoms with E-state index in [4.69, 9.17) is 0 Å². The van der Waals surface area contributed by atoms with Gasteiger partial charge in [-0.15, -0.1) is 11.3 Å². The summed E-state index contributed by atoms with van der Waals surface area (Å²) in [4.78, 5) is 4.86. The predicted molar refractivity (Wildman–Crippen MR) is 93.7 cm³/mol. The summed E-state index contributed by atoms with van der Waals surface area (Å²) in [6, 6.07) is 14.1. The quantitative estimate of drug-likeness (QED) is 0.608. The summed E-state index contributed by atoms with van der Waals surface area (Å²) in [5.74, 6) is 0.311. The Morgan fingerprint density at radius 2 is 1.64 bits per heavy atom. The van der Waals surface area contributed by atoms with Gasteiger partial charge in [0.25, 0.3) is 0 Å². The average molecular weight is 381 g/mol. The van der Waals surface area contributed by atoms with Crippen molar-refractivity contribution in [3.63, 3.8) is 0 Å². The fraction of sp³-hybridized carbons (Fsp3) is 0.167. The second-order valence-electron chi connectivity index (χ2n) is 5.40. The number of thiazole rings is 1. The maximum absolute atomic E-state index is 13.0. The van der Waals surface area contributed by atoms with Crippen LogP contribution in [-0.2, 0) is 22.7 Å². The Hall–Kier alpha value is -1.99. The largest absolute Gasteiger partial charge is 0.416 e. The van der Waals surface area contributed by atoms with Crippen LogP contribution in [0.4, 0.5) is 13.2 Å². The van der Waals surface area contributed by atoms with Crippen molar-refractivity contribution >= 4 is 22.1 Å². The molecule has 0 aliphatic rings. The van der Waals surface area contributed by atoms with E-state index in [1.165, 1.54) is 23.5 Å². The summed E-state index contributed by atoms with van der Waals surface area (Å²) in [6.45, 7) is 0. The minimum Gasteiger partial charge on any atom is -0.258 e. The molecule has 0 N–H and O–H groups in total. The highest BCUT2D eigenvalue weighted by molar-refractivity contribution is 7.84. The number of alkyl halides is 3. The molecule has 2 nitrogen and oxygen atoms in total. The topological polar surface area (TPSA) is 30.0 Å². The highest BCUT2D eigenvalue weighted by atomic mass is 32.2. The summed E-state index contributed by atoms with van der Waals surface area (Å²) < 4.78 is 51.3. The van der Waals surface area contributed by atoms with Crippen LogP contribution in [0.3, 0.4) is 0 Å². The molecule has 0 saturated heterocycles. The normalized spacial score (nSPS) is 14.2. The van der Waals surface area contributed by atoms with Gasteiger partial charge in [-0.2, -0.15) is 13.2 Å². The number of nitrogens with zero attached hydrogens (tertiary/aromatic N) is 1. The smallest absolute Gasteiger partial charge is 0.258 e. The second kappa shape index (κ2) is 7.49. The molecule has 1 heterocycles. The molecule has 0 spiro atoms. The molecule has 0 unspecified atom stereocenters. The first-order valence-corrected chi connectivity index (χ1v) is 9.68. The van der Waals surface area contributed by atoms with Crippen molar-refractivity contribution in [1.82, 2.24) is 4.98 Å². The first-order valence-electron chi connectivity index (χ1n) is 7.42. The number of rotatable bonds is 5. The van der Waals surface area contributed by atoms with E-state index in [1.54, 1.807) is 11.7 Å². The van der Waals surface area contributed by atoms with Crippen LogP contribution in [0.15, 0.2) is 66.3 Å². The van der Waals surface area contributed by atoms with E-state index >= 15 is 0 Å². The molecule has 1 aromatic heterocycles. The maximum atomic E-state index is 13.0. The number of benzene rings is 2. The van der Waals surface area contributed by atoms with Gasteiger partial charge in [-0.1, -0.05) is 42.5 Å². The number of hydrogen-bond acceptors (Lipinski definition) is 3. The van der Waals surface area contributed by atoms with E-state index in [1.807, 2.05) is 30.3 Å². The number of hydrogen-bond donors (Lipinski definition) is 0. The van der Waals surface area contributed by atoms with Gasteiger partial charge in [-0.25, -0.2) is 0 Å². The van der Waals surface area contributed by atoms with Crippen molar-refractivity contribution in [3.8, 4) is 0 Å². The fourth-order valence-corrected chi connectivity index (χ4v) is 4.95. The zero-order chi connectivity index (χ0) is 17.9. The van der Waals surface area contributed by atoms with Crippen molar-refractivity contribution < 1.29 is 17.4 Å². The minimum atomic E-state index is -4.39. The van der Waals surface area contributed by atoms with E-state index in [0.717, 1.165) is 22.6 Å². The van der Waals surface area contributed by atoms with Gasteiger partial charge in [-0.05, 0) is 23.3 Å². The lowest BCUT2D eigenvalue weighted by atomic mass is 10.0.